The van der Waals surface area contributed by atoms with Gasteiger partial charge in [0.25, 0.3) is 5.91 Å². The predicted molar refractivity (Wildman–Crippen MR) is 140 cm³/mol. The van der Waals surface area contributed by atoms with Crippen LogP contribution in [0.1, 0.15) is 35.1 Å². The van der Waals surface area contributed by atoms with Crippen LogP contribution in [0, 0.1) is 5.92 Å². The van der Waals surface area contributed by atoms with Gasteiger partial charge in [-0.2, -0.15) is 18.3 Å². The van der Waals surface area contributed by atoms with E-state index in [1.807, 2.05) is 6.07 Å². The molecule has 1 amide bonds. The number of hydrogen-bond donors (Lipinski definition) is 2. The molecule has 196 valence electrons. The predicted octanol–water partition coefficient (Wildman–Crippen LogP) is 4.74. The first-order chi connectivity index (χ1) is 17.5. The number of benzene rings is 1. The lowest BCUT2D eigenvalue weighted by Gasteiger charge is -2.36. The van der Waals surface area contributed by atoms with Gasteiger partial charge in [0, 0.05) is 48.8 Å². The second-order valence-electron chi connectivity index (χ2n) is 9.57. The summed E-state index contributed by atoms with van der Waals surface area (Å²) in [6.07, 6.45) is 2.62. The van der Waals surface area contributed by atoms with Gasteiger partial charge >= 0.3 is 6.18 Å². The molecule has 0 aliphatic carbocycles. The molecule has 0 unspecified atom stereocenters. The Hall–Kier alpha value is -3.66. The third-order valence-corrected chi connectivity index (χ3v) is 6.61. The van der Waals surface area contributed by atoms with E-state index < -0.39 is 11.7 Å². The van der Waals surface area contributed by atoms with Crippen LogP contribution >= 0.6 is 0 Å². The second-order valence-corrected chi connectivity index (χ2v) is 9.57. The van der Waals surface area contributed by atoms with Gasteiger partial charge in [0.05, 0.1) is 28.7 Å². The van der Waals surface area contributed by atoms with Crippen molar-refractivity contribution in [3.63, 3.8) is 0 Å². The average molecular weight is 513 g/mol. The number of aryl methyl sites for hydroxylation is 1. The number of aromatic nitrogens is 3. The van der Waals surface area contributed by atoms with E-state index in [4.69, 9.17) is 0 Å². The van der Waals surface area contributed by atoms with Crippen LogP contribution in [0.2, 0.25) is 0 Å². The number of hydrogen-bond acceptors (Lipinski definition) is 5. The summed E-state index contributed by atoms with van der Waals surface area (Å²) in [7, 11) is 3.80. The molecule has 2 aromatic heterocycles. The van der Waals surface area contributed by atoms with Gasteiger partial charge in [-0.25, -0.2) is 4.98 Å². The molecule has 0 spiro atoms. The molecule has 0 radical (unpaired) electrons. The van der Waals surface area contributed by atoms with E-state index in [9.17, 15) is 18.0 Å². The molecular weight excluding hydrogens is 481 g/mol. The van der Waals surface area contributed by atoms with Crippen molar-refractivity contribution in [1.82, 2.24) is 25.0 Å². The van der Waals surface area contributed by atoms with Crippen molar-refractivity contribution in [2.45, 2.75) is 25.6 Å². The number of likely N-dealkylation sites (tertiary alicyclic amines) is 1. The number of carbonyl (C=O) groups is 1. The molecule has 0 saturated carbocycles. The summed E-state index contributed by atoms with van der Waals surface area (Å²) in [5.74, 6) is 0.0809. The zero-order valence-electron chi connectivity index (χ0n) is 21.1. The van der Waals surface area contributed by atoms with Gasteiger partial charge in [-0.15, -0.1) is 0 Å². The molecule has 2 atom stereocenters. The lowest BCUT2D eigenvalue weighted by atomic mass is 9.93. The highest BCUT2D eigenvalue weighted by Crippen LogP contribution is 2.37. The van der Waals surface area contributed by atoms with Gasteiger partial charge in [0.2, 0.25) is 0 Å². The van der Waals surface area contributed by atoms with Crippen LogP contribution in [0.5, 0.6) is 0 Å². The van der Waals surface area contributed by atoms with Crippen LogP contribution < -0.4 is 10.6 Å². The Bertz CT molecular complexity index is 1330. The van der Waals surface area contributed by atoms with Crippen molar-refractivity contribution in [2.75, 3.05) is 32.0 Å². The fraction of sp³-hybridized carbons (Fsp3) is 0.370. The normalized spacial score (nSPS) is 18.9. The van der Waals surface area contributed by atoms with Crippen LogP contribution in [-0.2, 0) is 7.05 Å². The maximum Gasteiger partial charge on any atom is 0.417 e. The van der Waals surface area contributed by atoms with E-state index in [0.717, 1.165) is 25.2 Å². The van der Waals surface area contributed by atoms with Crippen molar-refractivity contribution in [2.24, 2.45) is 13.0 Å². The molecule has 1 saturated heterocycles. The highest BCUT2D eigenvalue weighted by Gasteiger charge is 2.35. The molecule has 0 bridgehead atoms. The van der Waals surface area contributed by atoms with Crippen LogP contribution in [0.4, 0.5) is 18.9 Å². The van der Waals surface area contributed by atoms with Gasteiger partial charge in [0.1, 0.15) is 0 Å². The number of nitrogens with zero attached hydrogens (tertiary/aromatic N) is 4. The van der Waals surface area contributed by atoms with Crippen LogP contribution in [-0.4, -0.2) is 64.5 Å². The molecule has 1 aliphatic rings. The first-order valence-corrected chi connectivity index (χ1v) is 12.1. The van der Waals surface area contributed by atoms with Gasteiger partial charge in [0.15, 0.2) is 0 Å². The number of carbonyl (C=O) groups excluding carboxylic acids is 1. The Labute approximate surface area is 214 Å². The van der Waals surface area contributed by atoms with E-state index in [2.05, 4.69) is 46.2 Å². The minimum atomic E-state index is -4.62. The van der Waals surface area contributed by atoms with Crippen molar-refractivity contribution in [1.29, 1.82) is 0 Å². The number of halogens is 3. The standard InChI is InChI=1S/C27H31F3N6O/c1-17-15-35(3)12-10-23(17)34-24-9-5-8-21-22(24)13-20(33-25(21)18(2)27(28,29)30)7-6-11-31-26(37)19-14-32-36(4)16-19/h5-9,13-14,16-17,23,34H,2,10-12,15H2,1,3-4H3,(H,31,37)/b7-6+/t17-,23-/m1/s1. The SMILES string of the molecule is C=C(c1nc(/C=C/CNC(=O)c2cnn(C)c2)cc2c(N[C@@H]3CCN(C)C[C@H]3C)cccc12)C(F)(F)F. The minimum Gasteiger partial charge on any atom is -0.381 e. The van der Waals surface area contributed by atoms with Gasteiger partial charge in [-0.3, -0.25) is 9.48 Å². The summed E-state index contributed by atoms with van der Waals surface area (Å²) >= 11 is 0. The summed E-state index contributed by atoms with van der Waals surface area (Å²) in [5.41, 5.74) is 0.320. The number of rotatable bonds is 7. The maximum absolute atomic E-state index is 13.7. The number of anilines is 1. The maximum atomic E-state index is 13.7. The monoisotopic (exact) mass is 512 g/mol. The van der Waals surface area contributed by atoms with Crippen LogP contribution in [0.3, 0.4) is 0 Å². The molecule has 2 N–H and O–H groups in total. The molecule has 4 rings (SSSR count). The highest BCUT2D eigenvalue weighted by molar-refractivity contribution is 6.01. The number of amides is 1. The number of nitrogens with one attached hydrogen (secondary N) is 2. The zero-order chi connectivity index (χ0) is 26.7. The number of pyridine rings is 1. The third-order valence-electron chi connectivity index (χ3n) is 6.61. The second kappa shape index (κ2) is 10.8. The number of piperidine rings is 1. The summed E-state index contributed by atoms with van der Waals surface area (Å²) in [6.45, 7) is 7.55. The van der Waals surface area contributed by atoms with E-state index in [0.29, 0.717) is 27.9 Å². The highest BCUT2D eigenvalue weighted by atomic mass is 19.4. The number of allylic oxidation sites excluding steroid dienone is 1. The molecule has 7 nitrogen and oxygen atoms in total. The van der Waals surface area contributed by atoms with Crippen LogP contribution in [0.15, 0.2) is 49.3 Å². The summed E-state index contributed by atoms with van der Waals surface area (Å²) < 4.78 is 42.6. The van der Waals surface area contributed by atoms with Gasteiger partial charge in [-0.1, -0.05) is 31.7 Å². The lowest BCUT2D eigenvalue weighted by Crippen LogP contribution is -2.43. The van der Waals surface area contributed by atoms with E-state index in [-0.39, 0.29) is 24.2 Å². The molecular formula is C27H31F3N6O. The fourth-order valence-corrected chi connectivity index (χ4v) is 4.61. The van der Waals surface area contributed by atoms with Crippen molar-refractivity contribution in [3.05, 3.63) is 66.3 Å². The third kappa shape index (κ3) is 6.19. The molecule has 10 heteroatoms. The number of fused-ring (bicyclic) bond motifs is 1. The summed E-state index contributed by atoms with van der Waals surface area (Å²) in [6, 6.07) is 7.23. The topological polar surface area (TPSA) is 75.1 Å². The molecule has 1 aromatic carbocycles. The van der Waals surface area contributed by atoms with Crippen molar-refractivity contribution < 1.29 is 18.0 Å². The number of alkyl halides is 3. The van der Waals surface area contributed by atoms with Crippen molar-refractivity contribution in [3.8, 4) is 0 Å². The Morgan fingerprint density at radius 3 is 2.73 bits per heavy atom. The Kier molecular flexibility index (Phi) is 7.68. The molecule has 1 aliphatic heterocycles. The van der Waals surface area contributed by atoms with E-state index >= 15 is 0 Å². The fourth-order valence-electron chi connectivity index (χ4n) is 4.61. The molecule has 3 aromatic rings. The van der Waals surface area contributed by atoms with Crippen LogP contribution in [0.25, 0.3) is 22.4 Å². The lowest BCUT2D eigenvalue weighted by molar-refractivity contribution is -0.0688. The first-order valence-electron chi connectivity index (χ1n) is 12.1. The van der Waals surface area contributed by atoms with Crippen molar-refractivity contribution >= 4 is 34.0 Å². The zero-order valence-corrected chi connectivity index (χ0v) is 21.1. The largest absolute Gasteiger partial charge is 0.417 e. The van der Waals surface area contributed by atoms with Gasteiger partial charge in [-0.05, 0) is 44.1 Å². The Morgan fingerprint density at radius 2 is 2.05 bits per heavy atom. The average Bonchev–Trinajstić information content (AvgIpc) is 3.28. The molecule has 37 heavy (non-hydrogen) atoms. The Balaban J connectivity index is 1.63. The summed E-state index contributed by atoms with van der Waals surface area (Å²) in [4.78, 5) is 18.8. The first kappa shape index (κ1) is 26.4. The summed E-state index contributed by atoms with van der Waals surface area (Å²) in [5, 5.41) is 11.3. The quantitative estimate of drug-likeness (QED) is 0.479. The molecule has 1 fully saturated rings. The minimum absolute atomic E-state index is 0.177. The van der Waals surface area contributed by atoms with E-state index in [1.165, 1.54) is 10.9 Å². The van der Waals surface area contributed by atoms with E-state index in [1.54, 1.807) is 43.6 Å². The Morgan fingerprint density at radius 1 is 1.27 bits per heavy atom. The van der Waals surface area contributed by atoms with Gasteiger partial charge < -0.3 is 15.5 Å². The molecule has 3 heterocycles. The smallest absolute Gasteiger partial charge is 0.381 e.